The Balaban J connectivity index is 1.56. The van der Waals surface area contributed by atoms with Crippen molar-refractivity contribution in [3.63, 3.8) is 0 Å². The van der Waals surface area contributed by atoms with E-state index in [2.05, 4.69) is 13.0 Å². The predicted octanol–water partition coefficient (Wildman–Crippen LogP) is 2.81. The Hall–Kier alpha value is -1.42. The van der Waals surface area contributed by atoms with Gasteiger partial charge in [-0.3, -0.25) is 9.59 Å². The minimum Gasteiger partial charge on any atom is -0.493 e. The van der Waals surface area contributed by atoms with Crippen molar-refractivity contribution in [3.05, 3.63) is 23.5 Å². The highest BCUT2D eigenvalue weighted by atomic mass is 16.5. The van der Waals surface area contributed by atoms with Crippen molar-refractivity contribution < 1.29 is 19.4 Å². The molecular weight excluding hydrogens is 316 g/mol. The Morgan fingerprint density at radius 3 is 2.92 bits per heavy atom. The number of ether oxygens (including phenoxy) is 1. The maximum atomic E-state index is 12.3. The van der Waals surface area contributed by atoms with Gasteiger partial charge in [0.2, 0.25) is 0 Å². The molecule has 4 nitrogen and oxygen atoms in total. The van der Waals surface area contributed by atoms with Crippen molar-refractivity contribution in [3.8, 4) is 0 Å². The molecule has 5 rings (SSSR count). The number of carbonyl (C=O) groups is 2. The second-order valence-electron chi connectivity index (χ2n) is 9.09. The summed E-state index contributed by atoms with van der Waals surface area (Å²) in [6.45, 7) is 2.67. The zero-order chi connectivity index (χ0) is 17.4. The summed E-state index contributed by atoms with van der Waals surface area (Å²) in [7, 11) is 0. The van der Waals surface area contributed by atoms with Gasteiger partial charge in [0.1, 0.15) is 12.4 Å². The quantitative estimate of drug-likeness (QED) is 0.838. The number of rotatable bonds is 2. The number of aliphatic hydroxyl groups is 1. The fourth-order valence-corrected chi connectivity index (χ4v) is 7.12. The molecule has 0 aromatic heterocycles. The molecule has 1 saturated heterocycles. The molecule has 25 heavy (non-hydrogen) atoms. The molecule has 3 fully saturated rings. The first kappa shape index (κ1) is 15.8. The summed E-state index contributed by atoms with van der Waals surface area (Å²) in [5.41, 5.74) is 1.19. The topological polar surface area (TPSA) is 63.6 Å². The van der Waals surface area contributed by atoms with Crippen molar-refractivity contribution >= 4 is 11.6 Å². The summed E-state index contributed by atoms with van der Waals surface area (Å²) in [5, 5.41) is 9.38. The van der Waals surface area contributed by atoms with E-state index in [-0.39, 0.29) is 34.9 Å². The van der Waals surface area contributed by atoms with Crippen LogP contribution in [0.2, 0.25) is 0 Å². The van der Waals surface area contributed by atoms with E-state index in [0.29, 0.717) is 24.2 Å². The van der Waals surface area contributed by atoms with E-state index in [1.807, 2.05) is 6.08 Å². The summed E-state index contributed by atoms with van der Waals surface area (Å²) in [6, 6.07) is 0. The molecule has 1 aliphatic heterocycles. The van der Waals surface area contributed by atoms with Crippen molar-refractivity contribution in [1.82, 2.24) is 0 Å². The number of ketones is 2. The monoisotopic (exact) mass is 342 g/mol. The minimum atomic E-state index is -0.329. The molecule has 4 aliphatic carbocycles. The van der Waals surface area contributed by atoms with Gasteiger partial charge in [-0.05, 0) is 67.4 Å². The molecule has 0 spiro atoms. The molecule has 1 heterocycles. The molecule has 2 bridgehead atoms. The van der Waals surface area contributed by atoms with Crippen LogP contribution in [0, 0.1) is 34.5 Å². The maximum Gasteiger partial charge on any atom is 0.161 e. The van der Waals surface area contributed by atoms with E-state index in [1.165, 1.54) is 0 Å². The Bertz CT molecular complexity index is 719. The van der Waals surface area contributed by atoms with Crippen LogP contribution in [0.1, 0.15) is 45.4 Å². The van der Waals surface area contributed by atoms with Crippen molar-refractivity contribution in [2.75, 3.05) is 13.2 Å². The van der Waals surface area contributed by atoms with Crippen LogP contribution < -0.4 is 0 Å². The average Bonchev–Trinajstić information content (AvgIpc) is 3.08. The van der Waals surface area contributed by atoms with Gasteiger partial charge in [-0.2, -0.15) is 0 Å². The molecule has 0 aromatic rings. The summed E-state index contributed by atoms with van der Waals surface area (Å²) in [6.07, 6.45) is 9.78. The molecule has 6 unspecified atom stereocenters. The lowest BCUT2D eigenvalue weighted by Crippen LogP contribution is -2.50. The summed E-state index contributed by atoms with van der Waals surface area (Å²) in [5.74, 6) is 2.65. The number of hydrogen-bond donors (Lipinski definition) is 1. The van der Waals surface area contributed by atoms with E-state index in [1.54, 1.807) is 0 Å². The SMILES string of the molecule is CC12CCC3C(C=C4OCC35CCC(=O)C=C45)C1CCC2C(=O)CO. The fraction of sp³-hybridized carbons (Fsp3) is 0.714. The predicted molar refractivity (Wildman–Crippen MR) is 91.4 cm³/mol. The zero-order valence-corrected chi connectivity index (χ0v) is 14.8. The van der Waals surface area contributed by atoms with Crippen LogP contribution >= 0.6 is 0 Å². The van der Waals surface area contributed by atoms with Crippen LogP contribution in [0.3, 0.4) is 0 Å². The van der Waals surface area contributed by atoms with Crippen molar-refractivity contribution in [2.24, 2.45) is 34.5 Å². The third-order valence-electron chi connectivity index (χ3n) is 8.34. The molecule has 5 aliphatic rings. The summed E-state index contributed by atoms with van der Waals surface area (Å²) < 4.78 is 6.07. The van der Waals surface area contributed by atoms with Crippen LogP contribution in [0.15, 0.2) is 23.5 Å². The number of Topliss-reactive ketones (excluding diaryl/α,β-unsaturated/α-hetero) is 1. The molecular formula is C21H26O4. The molecule has 6 atom stereocenters. The molecule has 0 aromatic carbocycles. The Morgan fingerprint density at radius 2 is 2.12 bits per heavy atom. The third kappa shape index (κ3) is 1.87. The molecule has 1 N–H and O–H groups in total. The molecule has 0 amide bonds. The van der Waals surface area contributed by atoms with Gasteiger partial charge in [0, 0.05) is 23.3 Å². The van der Waals surface area contributed by atoms with Gasteiger partial charge in [0.05, 0.1) is 6.61 Å². The number of allylic oxidation sites excluding steroid dienone is 3. The van der Waals surface area contributed by atoms with Gasteiger partial charge in [0.15, 0.2) is 11.6 Å². The second kappa shape index (κ2) is 5.06. The smallest absolute Gasteiger partial charge is 0.161 e. The molecule has 2 saturated carbocycles. The Kier molecular flexibility index (Phi) is 3.20. The van der Waals surface area contributed by atoms with E-state index in [9.17, 15) is 14.7 Å². The zero-order valence-electron chi connectivity index (χ0n) is 14.8. The van der Waals surface area contributed by atoms with Crippen LogP contribution in [0.4, 0.5) is 0 Å². The van der Waals surface area contributed by atoms with Crippen LogP contribution in [-0.4, -0.2) is 29.9 Å². The van der Waals surface area contributed by atoms with Crippen LogP contribution in [0.25, 0.3) is 0 Å². The standard InChI is InChI=1S/C21H26O4/c1-20-6-5-15-13(14(20)2-3-16(20)18(24)10-22)9-19-17-8-12(23)4-7-21(15,17)11-25-19/h8-9,13-16,22H,2-7,10-11H2,1H3. The molecule has 4 heteroatoms. The Morgan fingerprint density at radius 1 is 1.28 bits per heavy atom. The summed E-state index contributed by atoms with van der Waals surface area (Å²) >= 11 is 0. The second-order valence-corrected chi connectivity index (χ2v) is 9.09. The van der Waals surface area contributed by atoms with Crippen molar-refractivity contribution in [2.45, 2.75) is 45.4 Å². The van der Waals surface area contributed by atoms with Gasteiger partial charge in [-0.1, -0.05) is 6.92 Å². The van der Waals surface area contributed by atoms with E-state index in [4.69, 9.17) is 4.74 Å². The highest BCUT2D eigenvalue weighted by Crippen LogP contribution is 2.68. The first-order valence-corrected chi connectivity index (χ1v) is 9.73. The van der Waals surface area contributed by atoms with Crippen LogP contribution in [0.5, 0.6) is 0 Å². The van der Waals surface area contributed by atoms with E-state index < -0.39 is 0 Å². The summed E-state index contributed by atoms with van der Waals surface area (Å²) in [4.78, 5) is 24.3. The number of hydrogen-bond acceptors (Lipinski definition) is 4. The largest absolute Gasteiger partial charge is 0.493 e. The molecule has 0 radical (unpaired) electrons. The first-order valence-electron chi connectivity index (χ1n) is 9.73. The van der Waals surface area contributed by atoms with Gasteiger partial charge in [-0.15, -0.1) is 0 Å². The van der Waals surface area contributed by atoms with E-state index >= 15 is 0 Å². The molecule has 134 valence electrons. The van der Waals surface area contributed by atoms with Gasteiger partial charge in [0.25, 0.3) is 0 Å². The van der Waals surface area contributed by atoms with Crippen LogP contribution in [-0.2, 0) is 14.3 Å². The van der Waals surface area contributed by atoms with Crippen molar-refractivity contribution in [1.29, 1.82) is 0 Å². The fourth-order valence-electron chi connectivity index (χ4n) is 7.12. The van der Waals surface area contributed by atoms with E-state index in [0.717, 1.165) is 50.0 Å². The van der Waals surface area contributed by atoms with Gasteiger partial charge < -0.3 is 9.84 Å². The van der Waals surface area contributed by atoms with Gasteiger partial charge in [-0.25, -0.2) is 0 Å². The number of aliphatic hydroxyl groups excluding tert-OH is 1. The lowest BCUT2D eigenvalue weighted by molar-refractivity contribution is -0.131. The minimum absolute atomic E-state index is 0.000175. The number of carbonyl (C=O) groups excluding carboxylic acids is 2. The number of fused-ring (bicyclic) bond motifs is 3. The maximum absolute atomic E-state index is 12.3. The first-order chi connectivity index (χ1) is 12.0. The normalized spacial score (nSPS) is 47.2. The highest BCUT2D eigenvalue weighted by Gasteiger charge is 2.63. The lowest BCUT2D eigenvalue weighted by atomic mass is 9.48. The van der Waals surface area contributed by atoms with Gasteiger partial charge >= 0.3 is 0 Å². The lowest BCUT2D eigenvalue weighted by Gasteiger charge is -2.54. The Labute approximate surface area is 148 Å². The highest BCUT2D eigenvalue weighted by molar-refractivity contribution is 5.92. The average molecular weight is 342 g/mol. The third-order valence-corrected chi connectivity index (χ3v) is 8.34.